The highest BCUT2D eigenvalue weighted by molar-refractivity contribution is 5.49. The number of nitrogens with one attached hydrogen (secondary N) is 1. The predicted molar refractivity (Wildman–Crippen MR) is 75.0 cm³/mol. The number of nitrogens with two attached hydrogens (primary N) is 1. The van der Waals surface area contributed by atoms with Crippen LogP contribution in [0, 0.1) is 6.92 Å². The minimum Gasteiger partial charge on any atom is -0.370 e. The Balaban J connectivity index is 2.05. The van der Waals surface area contributed by atoms with Gasteiger partial charge in [0.2, 0.25) is 0 Å². The van der Waals surface area contributed by atoms with Crippen molar-refractivity contribution >= 4 is 11.6 Å². The van der Waals surface area contributed by atoms with E-state index < -0.39 is 0 Å². The summed E-state index contributed by atoms with van der Waals surface area (Å²) in [5.41, 5.74) is 5.49. The van der Waals surface area contributed by atoms with E-state index in [0.717, 1.165) is 43.5 Å². The van der Waals surface area contributed by atoms with E-state index >= 15 is 0 Å². The Bertz CT molecular complexity index is 374. The van der Waals surface area contributed by atoms with Crippen molar-refractivity contribution in [3.05, 3.63) is 11.9 Å². The van der Waals surface area contributed by atoms with Crippen LogP contribution < -0.4 is 16.0 Å². The first-order valence-corrected chi connectivity index (χ1v) is 6.84. The molecule has 0 saturated carbocycles. The Labute approximate surface area is 109 Å². The number of anilines is 2. The maximum Gasteiger partial charge on any atom is 0.134 e. The van der Waals surface area contributed by atoms with Crippen molar-refractivity contribution < 1.29 is 0 Å². The van der Waals surface area contributed by atoms with Crippen molar-refractivity contribution in [3.8, 4) is 0 Å². The van der Waals surface area contributed by atoms with E-state index in [9.17, 15) is 0 Å². The predicted octanol–water partition coefficient (Wildman–Crippen LogP) is 1.54. The first-order chi connectivity index (χ1) is 8.79. The molecule has 0 aromatic carbocycles. The zero-order valence-corrected chi connectivity index (χ0v) is 11.2. The van der Waals surface area contributed by atoms with Gasteiger partial charge in [-0.3, -0.25) is 0 Å². The molecule has 1 aromatic heterocycles. The summed E-state index contributed by atoms with van der Waals surface area (Å²) in [7, 11) is 0. The molecule has 2 heterocycles. The van der Waals surface area contributed by atoms with E-state index in [1.165, 1.54) is 19.3 Å². The van der Waals surface area contributed by atoms with Crippen LogP contribution in [0.15, 0.2) is 6.07 Å². The molecule has 0 bridgehead atoms. The highest BCUT2D eigenvalue weighted by Gasteiger charge is 2.13. The van der Waals surface area contributed by atoms with E-state index in [1.807, 2.05) is 6.92 Å². The molecular weight excluding hydrogens is 226 g/mol. The Morgan fingerprint density at radius 2 is 2.06 bits per heavy atom. The summed E-state index contributed by atoms with van der Waals surface area (Å²) in [5, 5.41) is 3.31. The van der Waals surface area contributed by atoms with Gasteiger partial charge in [0.05, 0.1) is 0 Å². The fraction of sp³-hybridized carbons (Fsp3) is 0.692. The van der Waals surface area contributed by atoms with Crippen molar-refractivity contribution in [2.45, 2.75) is 32.6 Å². The second kappa shape index (κ2) is 6.54. The minimum absolute atomic E-state index is 0.704. The first-order valence-electron chi connectivity index (χ1n) is 6.84. The average Bonchev–Trinajstić information content (AvgIpc) is 2.39. The second-order valence-corrected chi connectivity index (χ2v) is 4.78. The van der Waals surface area contributed by atoms with Crippen molar-refractivity contribution in [2.75, 3.05) is 36.4 Å². The summed E-state index contributed by atoms with van der Waals surface area (Å²) in [6.07, 6.45) is 4.82. The lowest BCUT2D eigenvalue weighted by Crippen LogP contribution is -2.30. The summed E-state index contributed by atoms with van der Waals surface area (Å²) >= 11 is 0. The van der Waals surface area contributed by atoms with Crippen LogP contribution in [0.4, 0.5) is 11.6 Å². The van der Waals surface area contributed by atoms with Gasteiger partial charge in [-0.2, -0.15) is 0 Å². The lowest BCUT2D eigenvalue weighted by atomic mass is 10.1. The molecule has 0 spiro atoms. The van der Waals surface area contributed by atoms with E-state index in [0.29, 0.717) is 6.54 Å². The number of piperidine rings is 1. The van der Waals surface area contributed by atoms with Crippen LogP contribution in [0.3, 0.4) is 0 Å². The van der Waals surface area contributed by atoms with Gasteiger partial charge in [-0.05, 0) is 39.2 Å². The second-order valence-electron chi connectivity index (χ2n) is 4.78. The fourth-order valence-corrected chi connectivity index (χ4v) is 2.25. The van der Waals surface area contributed by atoms with Gasteiger partial charge in [0.25, 0.3) is 0 Å². The zero-order valence-electron chi connectivity index (χ0n) is 11.2. The third-order valence-electron chi connectivity index (χ3n) is 3.19. The normalized spacial score (nSPS) is 15.8. The number of hydrogen-bond acceptors (Lipinski definition) is 5. The Morgan fingerprint density at radius 1 is 1.28 bits per heavy atom. The Morgan fingerprint density at radius 3 is 2.78 bits per heavy atom. The molecular formula is C13H23N5. The highest BCUT2D eigenvalue weighted by atomic mass is 15.2. The van der Waals surface area contributed by atoms with E-state index in [-0.39, 0.29) is 0 Å². The van der Waals surface area contributed by atoms with Gasteiger partial charge in [0.15, 0.2) is 0 Å². The monoisotopic (exact) mass is 249 g/mol. The maximum atomic E-state index is 5.49. The Hall–Kier alpha value is -1.36. The molecule has 1 aliphatic rings. The van der Waals surface area contributed by atoms with Gasteiger partial charge in [-0.25, -0.2) is 9.97 Å². The number of rotatable bonds is 5. The molecule has 2 rings (SSSR count). The van der Waals surface area contributed by atoms with Crippen molar-refractivity contribution in [1.29, 1.82) is 0 Å². The van der Waals surface area contributed by atoms with Gasteiger partial charge >= 0.3 is 0 Å². The van der Waals surface area contributed by atoms with E-state index in [2.05, 4.69) is 26.3 Å². The smallest absolute Gasteiger partial charge is 0.134 e. The lowest BCUT2D eigenvalue weighted by molar-refractivity contribution is 0.572. The standard InChI is InChI=1S/C13H23N5/c1-11-16-12(15-7-5-6-14)10-13(17-11)18-8-3-2-4-9-18/h10H,2-9,14H2,1H3,(H,15,16,17). The van der Waals surface area contributed by atoms with Crippen LogP contribution in [0.25, 0.3) is 0 Å². The summed E-state index contributed by atoms with van der Waals surface area (Å²) in [6, 6.07) is 2.05. The molecule has 0 unspecified atom stereocenters. The van der Waals surface area contributed by atoms with Gasteiger partial charge in [-0.15, -0.1) is 0 Å². The zero-order chi connectivity index (χ0) is 12.8. The molecule has 1 aliphatic heterocycles. The highest BCUT2D eigenvalue weighted by Crippen LogP contribution is 2.20. The Kier molecular flexibility index (Phi) is 4.75. The van der Waals surface area contributed by atoms with E-state index in [4.69, 9.17) is 5.73 Å². The molecule has 3 N–H and O–H groups in total. The molecule has 18 heavy (non-hydrogen) atoms. The lowest BCUT2D eigenvalue weighted by Gasteiger charge is -2.28. The molecule has 0 atom stereocenters. The molecule has 0 radical (unpaired) electrons. The van der Waals surface area contributed by atoms with Gasteiger partial charge in [-0.1, -0.05) is 0 Å². The summed E-state index contributed by atoms with van der Waals surface area (Å²) in [4.78, 5) is 11.3. The van der Waals surface area contributed by atoms with Gasteiger partial charge < -0.3 is 16.0 Å². The topological polar surface area (TPSA) is 67.1 Å². The summed E-state index contributed by atoms with van der Waals surface area (Å²) in [6.45, 7) is 5.74. The maximum absolute atomic E-state index is 5.49. The van der Waals surface area contributed by atoms with Crippen LogP contribution in [-0.2, 0) is 0 Å². The minimum atomic E-state index is 0.704. The van der Waals surface area contributed by atoms with Crippen molar-refractivity contribution in [3.63, 3.8) is 0 Å². The third-order valence-corrected chi connectivity index (χ3v) is 3.19. The molecule has 5 heteroatoms. The van der Waals surface area contributed by atoms with Crippen LogP contribution >= 0.6 is 0 Å². The quantitative estimate of drug-likeness (QED) is 0.775. The third kappa shape index (κ3) is 3.57. The molecule has 1 fully saturated rings. The molecule has 0 amide bonds. The van der Waals surface area contributed by atoms with Gasteiger partial charge in [0, 0.05) is 25.7 Å². The van der Waals surface area contributed by atoms with Crippen LogP contribution in [0.2, 0.25) is 0 Å². The fourth-order valence-electron chi connectivity index (χ4n) is 2.25. The van der Waals surface area contributed by atoms with E-state index in [1.54, 1.807) is 0 Å². The molecule has 0 aliphatic carbocycles. The van der Waals surface area contributed by atoms with Crippen molar-refractivity contribution in [1.82, 2.24) is 9.97 Å². The number of aryl methyl sites for hydroxylation is 1. The average molecular weight is 249 g/mol. The SMILES string of the molecule is Cc1nc(NCCCN)cc(N2CCCCC2)n1. The molecule has 1 aromatic rings. The number of hydrogen-bond donors (Lipinski definition) is 2. The summed E-state index contributed by atoms with van der Waals surface area (Å²) in [5.74, 6) is 2.79. The van der Waals surface area contributed by atoms with Crippen LogP contribution in [0.1, 0.15) is 31.5 Å². The largest absolute Gasteiger partial charge is 0.370 e. The molecule has 5 nitrogen and oxygen atoms in total. The molecule has 100 valence electrons. The van der Waals surface area contributed by atoms with Crippen LogP contribution in [-0.4, -0.2) is 36.1 Å². The number of aromatic nitrogens is 2. The summed E-state index contributed by atoms with van der Waals surface area (Å²) < 4.78 is 0. The molecule has 1 saturated heterocycles. The number of nitrogens with zero attached hydrogens (tertiary/aromatic N) is 3. The van der Waals surface area contributed by atoms with Gasteiger partial charge in [0.1, 0.15) is 17.5 Å². The first kappa shape index (κ1) is 13.1. The van der Waals surface area contributed by atoms with Crippen LogP contribution in [0.5, 0.6) is 0 Å². The van der Waals surface area contributed by atoms with Crippen molar-refractivity contribution in [2.24, 2.45) is 5.73 Å².